The first-order chi connectivity index (χ1) is 11.9. The maximum absolute atomic E-state index is 12.1. The highest BCUT2D eigenvalue weighted by Crippen LogP contribution is 2.27. The van der Waals surface area contributed by atoms with Crippen molar-refractivity contribution >= 4 is 15.6 Å². The van der Waals surface area contributed by atoms with Crippen LogP contribution in [0.25, 0.3) is 11.4 Å². The molecule has 1 fully saturated rings. The Hall–Kier alpha value is -2.57. The van der Waals surface area contributed by atoms with E-state index in [1.54, 1.807) is 12.1 Å². The van der Waals surface area contributed by atoms with E-state index in [-0.39, 0.29) is 16.5 Å². The average Bonchev–Trinajstić information content (AvgIpc) is 3.10. The number of H-pyrrole nitrogens is 1. The predicted molar refractivity (Wildman–Crippen MR) is 90.3 cm³/mol. The van der Waals surface area contributed by atoms with Gasteiger partial charge in [-0.2, -0.15) is 5.21 Å². The number of hydrogen-bond acceptors (Lipinski definition) is 7. The molecule has 0 aliphatic carbocycles. The average molecular weight is 359 g/mol. The number of Topliss-reactive ketones (excluding diaryl/α,β-unsaturated/α-hetero) is 1. The summed E-state index contributed by atoms with van der Waals surface area (Å²) in [6, 6.07) is 4.87. The molecule has 3 rings (SSSR count). The molecule has 0 atom stereocenters. The molecule has 8 nitrogen and oxygen atoms in total. The maximum Gasteiger partial charge on any atom is 0.207 e. The van der Waals surface area contributed by atoms with Gasteiger partial charge in [0.2, 0.25) is 5.82 Å². The molecule has 130 valence electrons. The summed E-state index contributed by atoms with van der Waals surface area (Å²) in [5, 5.41) is 13.6. The zero-order valence-electron chi connectivity index (χ0n) is 13.7. The van der Waals surface area contributed by atoms with Gasteiger partial charge in [0.25, 0.3) is 0 Å². The number of sulfone groups is 1. The van der Waals surface area contributed by atoms with E-state index in [1.165, 1.54) is 6.07 Å². The van der Waals surface area contributed by atoms with Crippen molar-refractivity contribution in [2.24, 2.45) is 0 Å². The van der Waals surface area contributed by atoms with Gasteiger partial charge in [-0.15, -0.1) is 10.2 Å². The molecule has 2 aromatic rings. The van der Waals surface area contributed by atoms with Crippen LogP contribution in [0.4, 0.5) is 0 Å². The molecule has 0 amide bonds. The number of benzene rings is 1. The number of carbonyl (C=O) groups excluding carboxylic acids is 1. The Labute approximate surface area is 145 Å². The van der Waals surface area contributed by atoms with Crippen LogP contribution in [0.2, 0.25) is 0 Å². The van der Waals surface area contributed by atoms with Gasteiger partial charge in [0.05, 0.1) is 17.0 Å². The number of rotatable bonds is 3. The summed E-state index contributed by atoms with van der Waals surface area (Å²) in [4.78, 5) is 13.5. The van der Waals surface area contributed by atoms with Crippen LogP contribution >= 0.6 is 0 Å². The summed E-state index contributed by atoms with van der Waals surface area (Å²) >= 11 is 0. The summed E-state index contributed by atoms with van der Waals surface area (Å²) in [5.74, 6) is 6.53. The van der Waals surface area contributed by atoms with Crippen molar-refractivity contribution in [3.8, 4) is 23.2 Å². The van der Waals surface area contributed by atoms with Gasteiger partial charge in [0, 0.05) is 37.8 Å². The van der Waals surface area contributed by atoms with E-state index in [1.807, 2.05) is 0 Å². The second-order valence-corrected chi connectivity index (χ2v) is 7.79. The van der Waals surface area contributed by atoms with Crippen LogP contribution < -0.4 is 0 Å². The second kappa shape index (κ2) is 7.13. The number of piperidine rings is 1. The van der Waals surface area contributed by atoms with Gasteiger partial charge < -0.3 is 0 Å². The molecule has 0 unspecified atom stereocenters. The third-order valence-electron chi connectivity index (χ3n) is 3.93. The van der Waals surface area contributed by atoms with E-state index in [4.69, 9.17) is 0 Å². The lowest BCUT2D eigenvalue weighted by Crippen LogP contribution is -2.33. The lowest BCUT2D eigenvalue weighted by molar-refractivity contribution is -0.121. The van der Waals surface area contributed by atoms with Gasteiger partial charge in [0.1, 0.15) is 5.78 Å². The first-order valence-electron chi connectivity index (χ1n) is 7.75. The van der Waals surface area contributed by atoms with Gasteiger partial charge in [-0.1, -0.05) is 17.9 Å². The Morgan fingerprint density at radius 2 is 2.04 bits per heavy atom. The lowest BCUT2D eigenvalue weighted by Gasteiger charge is -2.23. The summed E-state index contributed by atoms with van der Waals surface area (Å²) in [5.41, 5.74) is 0.873. The minimum absolute atomic E-state index is 0.115. The topological polar surface area (TPSA) is 109 Å². The monoisotopic (exact) mass is 359 g/mol. The third-order valence-corrected chi connectivity index (χ3v) is 5.07. The molecule has 1 saturated heterocycles. The molecule has 25 heavy (non-hydrogen) atoms. The van der Waals surface area contributed by atoms with Crippen LogP contribution in [0.15, 0.2) is 23.1 Å². The van der Waals surface area contributed by atoms with Crippen molar-refractivity contribution in [1.29, 1.82) is 0 Å². The third kappa shape index (κ3) is 4.10. The minimum Gasteiger partial charge on any atom is -0.300 e. The van der Waals surface area contributed by atoms with E-state index in [9.17, 15) is 13.2 Å². The van der Waals surface area contributed by atoms with Crippen LogP contribution in [0, 0.1) is 11.8 Å². The number of likely N-dealkylation sites (tertiary alicyclic amines) is 1. The molecular formula is C16H17N5O3S. The highest BCUT2D eigenvalue weighted by atomic mass is 32.2. The zero-order valence-corrected chi connectivity index (χ0v) is 14.5. The molecule has 0 bridgehead atoms. The normalized spacial score (nSPS) is 15.6. The van der Waals surface area contributed by atoms with Crippen molar-refractivity contribution in [3.05, 3.63) is 23.8 Å². The van der Waals surface area contributed by atoms with Crippen molar-refractivity contribution < 1.29 is 13.2 Å². The molecule has 1 N–H and O–H groups in total. The number of carbonyl (C=O) groups is 1. The summed E-state index contributed by atoms with van der Waals surface area (Å²) in [6.07, 6.45) is 2.24. The van der Waals surface area contributed by atoms with Gasteiger partial charge in [-0.25, -0.2) is 8.42 Å². The van der Waals surface area contributed by atoms with Crippen LogP contribution in [0.5, 0.6) is 0 Å². The zero-order chi connectivity index (χ0) is 17.9. The standard InChI is InChI=1S/C16H17N5O3S/c1-25(23,24)14-6-2-4-12(15(14)16-17-19-20-18-16)5-3-9-21-10-7-13(22)8-11-21/h2,4,6H,7-11H2,1H3,(H,17,18,19,20). The van der Waals surface area contributed by atoms with E-state index >= 15 is 0 Å². The second-order valence-electron chi connectivity index (χ2n) is 5.80. The number of ketones is 1. The summed E-state index contributed by atoms with van der Waals surface area (Å²) < 4.78 is 24.2. The number of nitrogens with zero attached hydrogens (tertiary/aromatic N) is 4. The van der Waals surface area contributed by atoms with Crippen LogP contribution in [-0.4, -0.2) is 65.6 Å². The Kier molecular flexibility index (Phi) is 4.92. The molecule has 1 aromatic heterocycles. The van der Waals surface area contributed by atoms with Crippen molar-refractivity contribution in [2.75, 3.05) is 25.9 Å². The number of aromatic amines is 1. The molecular weight excluding hydrogens is 342 g/mol. The van der Waals surface area contributed by atoms with Crippen LogP contribution in [-0.2, 0) is 14.6 Å². The molecule has 1 aliphatic rings. The number of tetrazole rings is 1. The molecule has 0 saturated carbocycles. The first-order valence-corrected chi connectivity index (χ1v) is 9.64. The Morgan fingerprint density at radius 1 is 1.28 bits per heavy atom. The Morgan fingerprint density at radius 3 is 2.68 bits per heavy atom. The van der Waals surface area contributed by atoms with Gasteiger partial charge in [-0.3, -0.25) is 9.69 Å². The maximum atomic E-state index is 12.1. The molecule has 2 heterocycles. The number of hydrogen-bond donors (Lipinski definition) is 1. The van der Waals surface area contributed by atoms with E-state index < -0.39 is 9.84 Å². The van der Waals surface area contributed by atoms with Gasteiger partial charge in [-0.05, 0) is 17.3 Å². The highest BCUT2D eigenvalue weighted by Gasteiger charge is 2.20. The molecule has 1 aromatic carbocycles. The molecule has 0 spiro atoms. The molecule has 1 aliphatic heterocycles. The van der Waals surface area contributed by atoms with E-state index in [2.05, 4.69) is 37.4 Å². The highest BCUT2D eigenvalue weighted by molar-refractivity contribution is 7.90. The van der Waals surface area contributed by atoms with Crippen molar-refractivity contribution in [3.63, 3.8) is 0 Å². The summed E-state index contributed by atoms with van der Waals surface area (Å²) in [6.45, 7) is 1.92. The number of aromatic nitrogens is 4. The predicted octanol–water partition coefficient (Wildman–Crippen LogP) is 0.287. The van der Waals surface area contributed by atoms with E-state index in [0.29, 0.717) is 43.6 Å². The van der Waals surface area contributed by atoms with Crippen molar-refractivity contribution in [2.45, 2.75) is 17.7 Å². The summed E-state index contributed by atoms with van der Waals surface area (Å²) in [7, 11) is -3.47. The van der Waals surface area contributed by atoms with Crippen molar-refractivity contribution in [1.82, 2.24) is 25.5 Å². The Balaban J connectivity index is 1.92. The van der Waals surface area contributed by atoms with Gasteiger partial charge >= 0.3 is 0 Å². The fourth-order valence-corrected chi connectivity index (χ4v) is 3.55. The first kappa shape index (κ1) is 17.3. The van der Waals surface area contributed by atoms with Gasteiger partial charge in [0.15, 0.2) is 9.84 Å². The lowest BCUT2D eigenvalue weighted by atomic mass is 10.1. The quantitative estimate of drug-likeness (QED) is 0.784. The SMILES string of the molecule is CS(=O)(=O)c1cccc(C#CCN2CCC(=O)CC2)c1-c1nn[nH]n1. The fourth-order valence-electron chi connectivity index (χ4n) is 2.65. The largest absolute Gasteiger partial charge is 0.300 e. The molecule has 9 heteroatoms. The fraction of sp³-hybridized carbons (Fsp3) is 0.375. The molecule has 0 radical (unpaired) electrons. The van der Waals surface area contributed by atoms with Crippen LogP contribution in [0.1, 0.15) is 18.4 Å². The minimum atomic E-state index is -3.47. The smallest absolute Gasteiger partial charge is 0.207 e. The Bertz CT molecular complexity index is 932. The number of nitrogens with one attached hydrogen (secondary N) is 1. The van der Waals surface area contributed by atoms with Crippen LogP contribution in [0.3, 0.4) is 0 Å². The van der Waals surface area contributed by atoms with E-state index in [0.717, 1.165) is 6.26 Å².